The van der Waals surface area contributed by atoms with E-state index in [0.717, 1.165) is 39.1 Å². The van der Waals surface area contributed by atoms with Crippen LogP contribution in [-0.2, 0) is 4.74 Å². The van der Waals surface area contributed by atoms with Gasteiger partial charge in [-0.2, -0.15) is 0 Å². The number of hydrogen-bond donors (Lipinski definition) is 1. The Morgan fingerprint density at radius 2 is 2.07 bits per heavy atom. The first-order valence-corrected chi connectivity index (χ1v) is 6.34. The van der Waals surface area contributed by atoms with Crippen LogP contribution in [0.3, 0.4) is 0 Å². The Kier molecular flexibility index (Phi) is 4.42. The normalized spacial score (nSPS) is 34.2. The van der Waals surface area contributed by atoms with E-state index in [1.165, 1.54) is 25.8 Å². The van der Waals surface area contributed by atoms with Crippen LogP contribution in [-0.4, -0.2) is 49.0 Å². The van der Waals surface area contributed by atoms with E-state index in [-0.39, 0.29) is 6.10 Å². The summed E-state index contributed by atoms with van der Waals surface area (Å²) in [5.41, 5.74) is 0. The minimum atomic E-state index is -0.0202. The molecule has 0 bridgehead atoms. The fraction of sp³-hybridized carbons (Fsp3) is 1.00. The molecule has 15 heavy (non-hydrogen) atoms. The summed E-state index contributed by atoms with van der Waals surface area (Å²) in [6, 6.07) is 0. The molecule has 0 radical (unpaired) electrons. The van der Waals surface area contributed by atoms with Gasteiger partial charge in [0.05, 0.1) is 12.7 Å². The van der Waals surface area contributed by atoms with Crippen molar-refractivity contribution >= 4 is 0 Å². The minimum Gasteiger partial charge on any atom is -0.393 e. The van der Waals surface area contributed by atoms with E-state index < -0.39 is 0 Å². The zero-order chi connectivity index (χ0) is 10.5. The van der Waals surface area contributed by atoms with Crippen LogP contribution in [0.25, 0.3) is 0 Å². The Morgan fingerprint density at radius 3 is 2.87 bits per heavy atom. The molecule has 2 unspecified atom stereocenters. The number of aliphatic hydroxyl groups excluding tert-OH is 1. The quantitative estimate of drug-likeness (QED) is 0.766. The summed E-state index contributed by atoms with van der Waals surface area (Å²) in [6.45, 7) is 5.19. The van der Waals surface area contributed by atoms with Crippen LogP contribution >= 0.6 is 0 Å². The van der Waals surface area contributed by atoms with Gasteiger partial charge >= 0.3 is 0 Å². The summed E-state index contributed by atoms with van der Waals surface area (Å²) in [6.07, 6.45) is 5.77. The van der Waals surface area contributed by atoms with Gasteiger partial charge in [0.1, 0.15) is 0 Å². The Balaban J connectivity index is 1.67. The highest BCUT2D eigenvalue weighted by molar-refractivity contribution is 4.77. The molecule has 1 N–H and O–H groups in total. The third-order valence-electron chi connectivity index (χ3n) is 3.75. The molecule has 0 amide bonds. The maximum Gasteiger partial charge on any atom is 0.0593 e. The maximum absolute atomic E-state index is 9.73. The average molecular weight is 213 g/mol. The van der Waals surface area contributed by atoms with Crippen LogP contribution in [0.1, 0.15) is 32.1 Å². The first kappa shape index (κ1) is 11.4. The van der Waals surface area contributed by atoms with E-state index in [1.54, 1.807) is 0 Å². The van der Waals surface area contributed by atoms with Crippen LogP contribution in [0.4, 0.5) is 0 Å². The molecule has 2 atom stereocenters. The zero-order valence-corrected chi connectivity index (χ0v) is 9.53. The molecule has 3 heteroatoms. The summed E-state index contributed by atoms with van der Waals surface area (Å²) >= 11 is 0. The fourth-order valence-corrected chi connectivity index (χ4v) is 2.72. The van der Waals surface area contributed by atoms with E-state index in [0.29, 0.717) is 5.92 Å². The molecule has 1 heterocycles. The molecule has 0 aromatic heterocycles. The lowest BCUT2D eigenvalue weighted by Gasteiger charge is -2.22. The van der Waals surface area contributed by atoms with Crippen molar-refractivity contribution in [3.63, 3.8) is 0 Å². The largest absolute Gasteiger partial charge is 0.393 e. The molecule has 2 aliphatic rings. The predicted octanol–water partition coefficient (Wildman–Crippen LogP) is 1.26. The van der Waals surface area contributed by atoms with Crippen molar-refractivity contribution in [3.05, 3.63) is 0 Å². The molecular weight excluding hydrogens is 190 g/mol. The van der Waals surface area contributed by atoms with Crippen molar-refractivity contribution < 1.29 is 9.84 Å². The molecular formula is C12H23NO2. The monoisotopic (exact) mass is 213 g/mol. The second kappa shape index (κ2) is 5.83. The van der Waals surface area contributed by atoms with E-state index in [1.807, 2.05) is 0 Å². The van der Waals surface area contributed by atoms with Gasteiger partial charge in [0.25, 0.3) is 0 Å². The van der Waals surface area contributed by atoms with Crippen molar-refractivity contribution in [1.82, 2.24) is 4.90 Å². The topological polar surface area (TPSA) is 32.7 Å². The molecule has 0 aromatic carbocycles. The Morgan fingerprint density at radius 1 is 1.13 bits per heavy atom. The van der Waals surface area contributed by atoms with Crippen molar-refractivity contribution in [2.45, 2.75) is 38.2 Å². The highest BCUT2D eigenvalue weighted by Gasteiger charge is 2.25. The highest BCUT2D eigenvalue weighted by atomic mass is 16.5. The van der Waals surface area contributed by atoms with Crippen molar-refractivity contribution in [1.29, 1.82) is 0 Å². The van der Waals surface area contributed by atoms with Crippen molar-refractivity contribution in [3.8, 4) is 0 Å². The average Bonchev–Trinajstić information content (AvgIpc) is 2.53. The predicted molar refractivity (Wildman–Crippen MR) is 59.8 cm³/mol. The Labute approximate surface area is 92.4 Å². The SMILES string of the molecule is OC1CCCC1CCN1CCCOCC1. The minimum absolute atomic E-state index is 0.0202. The highest BCUT2D eigenvalue weighted by Crippen LogP contribution is 2.28. The summed E-state index contributed by atoms with van der Waals surface area (Å²) in [5.74, 6) is 0.564. The van der Waals surface area contributed by atoms with Crippen LogP contribution in [0.2, 0.25) is 0 Å². The van der Waals surface area contributed by atoms with E-state index in [4.69, 9.17) is 4.74 Å². The van der Waals surface area contributed by atoms with Gasteiger partial charge in [0, 0.05) is 19.7 Å². The van der Waals surface area contributed by atoms with Gasteiger partial charge in [0.2, 0.25) is 0 Å². The zero-order valence-electron chi connectivity index (χ0n) is 9.53. The van der Waals surface area contributed by atoms with Crippen LogP contribution < -0.4 is 0 Å². The maximum atomic E-state index is 9.73. The van der Waals surface area contributed by atoms with Gasteiger partial charge in [-0.25, -0.2) is 0 Å². The number of ether oxygens (including phenoxy) is 1. The number of rotatable bonds is 3. The standard InChI is InChI=1S/C12H23NO2/c14-12-4-1-3-11(12)5-7-13-6-2-9-15-10-8-13/h11-12,14H,1-10H2. The lowest BCUT2D eigenvalue weighted by atomic mass is 10.0. The molecule has 1 aliphatic heterocycles. The fourth-order valence-electron chi connectivity index (χ4n) is 2.72. The number of aliphatic hydroxyl groups is 1. The van der Waals surface area contributed by atoms with Crippen LogP contribution in [0, 0.1) is 5.92 Å². The summed E-state index contributed by atoms with van der Waals surface area (Å²) in [4.78, 5) is 2.48. The second-order valence-electron chi connectivity index (χ2n) is 4.85. The first-order valence-electron chi connectivity index (χ1n) is 6.34. The molecule has 2 rings (SSSR count). The van der Waals surface area contributed by atoms with E-state index >= 15 is 0 Å². The summed E-state index contributed by atoms with van der Waals surface area (Å²) in [7, 11) is 0. The smallest absolute Gasteiger partial charge is 0.0593 e. The lowest BCUT2D eigenvalue weighted by Crippen LogP contribution is -2.30. The molecule has 88 valence electrons. The third kappa shape index (κ3) is 3.44. The molecule has 1 saturated heterocycles. The van der Waals surface area contributed by atoms with Crippen molar-refractivity contribution in [2.24, 2.45) is 5.92 Å². The van der Waals surface area contributed by atoms with Gasteiger partial charge in [-0.1, -0.05) is 6.42 Å². The second-order valence-corrected chi connectivity index (χ2v) is 4.85. The molecule has 1 saturated carbocycles. The van der Waals surface area contributed by atoms with Gasteiger partial charge in [-0.3, -0.25) is 0 Å². The molecule has 3 nitrogen and oxygen atoms in total. The van der Waals surface area contributed by atoms with Crippen LogP contribution in [0.15, 0.2) is 0 Å². The van der Waals surface area contributed by atoms with Gasteiger partial charge in [-0.05, 0) is 38.1 Å². The molecule has 2 fully saturated rings. The van der Waals surface area contributed by atoms with Crippen molar-refractivity contribution in [2.75, 3.05) is 32.8 Å². The van der Waals surface area contributed by atoms with Gasteiger partial charge in [-0.15, -0.1) is 0 Å². The van der Waals surface area contributed by atoms with E-state index in [9.17, 15) is 5.11 Å². The molecule has 1 aliphatic carbocycles. The Bertz CT molecular complexity index is 178. The number of hydrogen-bond acceptors (Lipinski definition) is 3. The Hall–Kier alpha value is -0.120. The lowest BCUT2D eigenvalue weighted by molar-refractivity contribution is 0.114. The molecule has 0 spiro atoms. The van der Waals surface area contributed by atoms with Gasteiger partial charge in [0.15, 0.2) is 0 Å². The summed E-state index contributed by atoms with van der Waals surface area (Å²) in [5, 5.41) is 9.73. The first-order chi connectivity index (χ1) is 7.36. The number of nitrogens with zero attached hydrogens (tertiary/aromatic N) is 1. The van der Waals surface area contributed by atoms with E-state index in [2.05, 4.69) is 4.90 Å². The summed E-state index contributed by atoms with van der Waals surface area (Å²) < 4.78 is 5.43. The third-order valence-corrected chi connectivity index (χ3v) is 3.75. The van der Waals surface area contributed by atoms with Gasteiger partial charge < -0.3 is 14.7 Å². The molecule has 0 aromatic rings. The van der Waals surface area contributed by atoms with Crippen LogP contribution in [0.5, 0.6) is 0 Å².